The summed E-state index contributed by atoms with van der Waals surface area (Å²) < 4.78 is 5.40. The van der Waals surface area contributed by atoms with Gasteiger partial charge in [-0.2, -0.15) is 0 Å². The Morgan fingerprint density at radius 1 is 1.44 bits per heavy atom. The first kappa shape index (κ1) is 11.2. The smallest absolute Gasteiger partial charge is 0.289 e. The third-order valence-corrected chi connectivity index (χ3v) is 2.99. The van der Waals surface area contributed by atoms with Gasteiger partial charge in [-0.3, -0.25) is 4.79 Å². The van der Waals surface area contributed by atoms with Gasteiger partial charge in [0.15, 0.2) is 5.76 Å². The first-order valence-corrected chi connectivity index (χ1v) is 5.62. The molecule has 2 rings (SSSR count). The maximum Gasteiger partial charge on any atom is 0.289 e. The van der Waals surface area contributed by atoms with E-state index in [4.69, 9.17) is 4.42 Å². The summed E-state index contributed by atoms with van der Waals surface area (Å²) in [7, 11) is 0. The molecule has 0 aromatic carbocycles. The summed E-state index contributed by atoms with van der Waals surface area (Å²) in [6.45, 7) is 4.94. The van der Waals surface area contributed by atoms with Crippen molar-refractivity contribution in [3.63, 3.8) is 0 Å². The summed E-state index contributed by atoms with van der Waals surface area (Å²) >= 11 is 0. The fourth-order valence-corrected chi connectivity index (χ4v) is 2.07. The van der Waals surface area contributed by atoms with E-state index in [9.17, 15) is 9.90 Å². The summed E-state index contributed by atoms with van der Waals surface area (Å²) in [6.07, 6.45) is 1.05. The van der Waals surface area contributed by atoms with Crippen LogP contribution in [-0.2, 0) is 0 Å². The van der Waals surface area contributed by atoms with Crippen molar-refractivity contribution in [3.8, 4) is 0 Å². The number of nitrogens with zero attached hydrogens (tertiary/aromatic N) is 1. The average molecular weight is 223 g/mol. The number of carbonyl (C=O) groups is 1. The minimum Gasteiger partial charge on any atom is -0.456 e. The molecular weight excluding hydrogens is 206 g/mol. The predicted molar refractivity (Wildman–Crippen MR) is 59.3 cm³/mol. The molecule has 0 atom stereocenters. The van der Waals surface area contributed by atoms with Gasteiger partial charge in [-0.15, -0.1) is 0 Å². The second-order valence-electron chi connectivity index (χ2n) is 4.39. The van der Waals surface area contributed by atoms with Gasteiger partial charge >= 0.3 is 0 Å². The molecule has 4 nitrogen and oxygen atoms in total. The van der Waals surface area contributed by atoms with E-state index in [1.54, 1.807) is 4.90 Å². The molecule has 2 heterocycles. The van der Waals surface area contributed by atoms with Gasteiger partial charge in [0.2, 0.25) is 0 Å². The molecule has 0 radical (unpaired) electrons. The van der Waals surface area contributed by atoms with Crippen LogP contribution in [-0.4, -0.2) is 35.1 Å². The first-order chi connectivity index (χ1) is 7.58. The van der Waals surface area contributed by atoms with Crippen molar-refractivity contribution in [2.75, 3.05) is 13.1 Å². The Balaban J connectivity index is 2.10. The number of aryl methyl sites for hydroxylation is 2. The predicted octanol–water partition coefficient (Wildman–Crippen LogP) is 1.49. The molecule has 0 spiro atoms. The average Bonchev–Trinajstić information content (AvgIpc) is 2.58. The maximum absolute atomic E-state index is 12.1. The van der Waals surface area contributed by atoms with Crippen molar-refractivity contribution >= 4 is 5.91 Å². The minimum absolute atomic E-state index is 0.0579. The SMILES string of the molecule is Cc1cc(C)c(C(=O)N2CCC(O)CC2)o1. The molecule has 1 N–H and O–H groups in total. The van der Waals surface area contributed by atoms with Crippen LogP contribution in [0.3, 0.4) is 0 Å². The van der Waals surface area contributed by atoms with Crippen LogP contribution < -0.4 is 0 Å². The summed E-state index contributed by atoms with van der Waals surface area (Å²) in [5.74, 6) is 1.14. The lowest BCUT2D eigenvalue weighted by atomic mass is 10.1. The molecule has 1 aromatic heterocycles. The highest BCUT2D eigenvalue weighted by Gasteiger charge is 2.25. The van der Waals surface area contributed by atoms with Crippen LogP contribution in [0.2, 0.25) is 0 Å². The monoisotopic (exact) mass is 223 g/mol. The van der Waals surface area contributed by atoms with E-state index in [2.05, 4.69) is 0 Å². The summed E-state index contributed by atoms with van der Waals surface area (Å²) in [4.78, 5) is 13.8. The fraction of sp³-hybridized carbons (Fsp3) is 0.583. The zero-order valence-corrected chi connectivity index (χ0v) is 9.69. The molecule has 1 aromatic rings. The number of piperidine rings is 1. The van der Waals surface area contributed by atoms with E-state index in [0.29, 0.717) is 31.7 Å². The second-order valence-corrected chi connectivity index (χ2v) is 4.39. The lowest BCUT2D eigenvalue weighted by Gasteiger charge is -2.29. The molecule has 1 amide bonds. The molecule has 0 unspecified atom stereocenters. The summed E-state index contributed by atoms with van der Waals surface area (Å²) in [5, 5.41) is 9.38. The van der Waals surface area contributed by atoms with Gasteiger partial charge in [0.25, 0.3) is 5.91 Å². The van der Waals surface area contributed by atoms with Crippen molar-refractivity contribution in [2.24, 2.45) is 0 Å². The van der Waals surface area contributed by atoms with Crippen LogP contribution in [0.5, 0.6) is 0 Å². The molecule has 1 aliphatic rings. The Kier molecular flexibility index (Phi) is 3.01. The minimum atomic E-state index is -0.261. The van der Waals surface area contributed by atoms with Crippen molar-refractivity contribution in [2.45, 2.75) is 32.8 Å². The second kappa shape index (κ2) is 4.29. The Hall–Kier alpha value is -1.29. The molecule has 1 fully saturated rings. The third-order valence-electron chi connectivity index (χ3n) is 2.99. The first-order valence-electron chi connectivity index (χ1n) is 5.62. The quantitative estimate of drug-likeness (QED) is 0.784. The van der Waals surface area contributed by atoms with Crippen molar-refractivity contribution in [3.05, 3.63) is 23.2 Å². The number of furan rings is 1. The van der Waals surface area contributed by atoms with Crippen LogP contribution in [0.25, 0.3) is 0 Å². The number of aliphatic hydroxyl groups is 1. The van der Waals surface area contributed by atoms with E-state index < -0.39 is 0 Å². The molecule has 0 aliphatic carbocycles. The van der Waals surface area contributed by atoms with Crippen molar-refractivity contribution < 1.29 is 14.3 Å². The molecule has 1 aliphatic heterocycles. The highest BCUT2D eigenvalue weighted by molar-refractivity contribution is 5.93. The molecule has 4 heteroatoms. The largest absolute Gasteiger partial charge is 0.456 e. The molecule has 88 valence electrons. The van der Waals surface area contributed by atoms with Crippen LogP contribution in [0, 0.1) is 13.8 Å². The Bertz CT molecular complexity index is 389. The van der Waals surface area contributed by atoms with Crippen molar-refractivity contribution in [1.82, 2.24) is 4.90 Å². The highest BCUT2D eigenvalue weighted by atomic mass is 16.4. The topological polar surface area (TPSA) is 53.7 Å². The van der Waals surface area contributed by atoms with Gasteiger partial charge in [0.1, 0.15) is 5.76 Å². The van der Waals surface area contributed by atoms with E-state index in [0.717, 1.165) is 11.3 Å². The normalized spacial score (nSPS) is 17.8. The number of amides is 1. The van der Waals surface area contributed by atoms with Crippen LogP contribution >= 0.6 is 0 Å². The molecule has 0 bridgehead atoms. The van der Waals surface area contributed by atoms with E-state index in [1.165, 1.54) is 0 Å². The fourth-order valence-electron chi connectivity index (χ4n) is 2.07. The maximum atomic E-state index is 12.1. The van der Waals surface area contributed by atoms with Gasteiger partial charge < -0.3 is 14.4 Å². The van der Waals surface area contributed by atoms with Gasteiger partial charge in [-0.25, -0.2) is 0 Å². The zero-order chi connectivity index (χ0) is 11.7. The third kappa shape index (κ3) is 2.11. The number of aliphatic hydroxyl groups excluding tert-OH is 1. The standard InChI is InChI=1S/C12H17NO3/c1-8-7-9(2)16-11(8)12(15)13-5-3-10(14)4-6-13/h7,10,14H,3-6H2,1-2H3. The number of likely N-dealkylation sites (tertiary alicyclic amines) is 1. The Morgan fingerprint density at radius 3 is 2.56 bits per heavy atom. The van der Waals surface area contributed by atoms with Crippen LogP contribution in [0.4, 0.5) is 0 Å². The molecule has 16 heavy (non-hydrogen) atoms. The molecule has 1 saturated heterocycles. The Labute approximate surface area is 94.9 Å². The van der Waals surface area contributed by atoms with Crippen LogP contribution in [0.1, 0.15) is 34.7 Å². The number of carbonyl (C=O) groups excluding carboxylic acids is 1. The zero-order valence-electron chi connectivity index (χ0n) is 9.69. The molecular formula is C12H17NO3. The van der Waals surface area contributed by atoms with Gasteiger partial charge in [-0.1, -0.05) is 0 Å². The van der Waals surface area contributed by atoms with E-state index in [-0.39, 0.29) is 12.0 Å². The number of hydrogen-bond acceptors (Lipinski definition) is 3. The summed E-state index contributed by atoms with van der Waals surface area (Å²) in [6, 6.07) is 1.87. The van der Waals surface area contributed by atoms with Gasteiger partial charge in [-0.05, 0) is 32.8 Å². The Morgan fingerprint density at radius 2 is 2.06 bits per heavy atom. The van der Waals surface area contributed by atoms with Gasteiger partial charge in [0, 0.05) is 18.7 Å². The lowest BCUT2D eigenvalue weighted by molar-refractivity contribution is 0.0518. The molecule has 0 saturated carbocycles. The summed E-state index contributed by atoms with van der Waals surface area (Å²) in [5.41, 5.74) is 0.883. The van der Waals surface area contributed by atoms with Gasteiger partial charge in [0.05, 0.1) is 6.10 Å². The highest BCUT2D eigenvalue weighted by Crippen LogP contribution is 2.18. The number of rotatable bonds is 1. The number of hydrogen-bond donors (Lipinski definition) is 1. The van der Waals surface area contributed by atoms with E-state index >= 15 is 0 Å². The lowest BCUT2D eigenvalue weighted by Crippen LogP contribution is -2.40. The van der Waals surface area contributed by atoms with Crippen molar-refractivity contribution in [1.29, 1.82) is 0 Å². The van der Waals surface area contributed by atoms with Crippen LogP contribution in [0.15, 0.2) is 10.5 Å². The van der Waals surface area contributed by atoms with E-state index in [1.807, 2.05) is 19.9 Å².